The van der Waals surface area contributed by atoms with Crippen molar-refractivity contribution in [2.24, 2.45) is 5.92 Å². The predicted octanol–water partition coefficient (Wildman–Crippen LogP) is 2.91. The molecule has 0 radical (unpaired) electrons. The molecule has 2 rings (SSSR count). The number of hydrogen-bond acceptors (Lipinski definition) is 3. The first-order valence-corrected chi connectivity index (χ1v) is 7.49. The van der Waals surface area contributed by atoms with Gasteiger partial charge in [0.05, 0.1) is 11.2 Å². The Hall–Kier alpha value is -1.47. The lowest BCUT2D eigenvalue weighted by molar-refractivity contribution is 0.327. The first-order chi connectivity index (χ1) is 9.65. The van der Waals surface area contributed by atoms with Crippen LogP contribution in [0.2, 0.25) is 5.02 Å². The summed E-state index contributed by atoms with van der Waals surface area (Å²) in [6.07, 6.45) is 12.5. The van der Waals surface area contributed by atoms with Gasteiger partial charge in [-0.05, 0) is 18.8 Å². The molecule has 1 aliphatic rings. The fourth-order valence-electron chi connectivity index (χ4n) is 2.80. The molecule has 1 saturated carbocycles. The van der Waals surface area contributed by atoms with Gasteiger partial charge in [0.15, 0.2) is 0 Å². The zero-order valence-electron chi connectivity index (χ0n) is 11.7. The highest BCUT2D eigenvalue weighted by Crippen LogP contribution is 2.29. The predicted molar refractivity (Wildman–Crippen MR) is 82.0 cm³/mol. The summed E-state index contributed by atoms with van der Waals surface area (Å²) in [7, 11) is 0. The average Bonchev–Trinajstić information content (AvgIpc) is 2.47. The SMILES string of the molecule is C#CCn1ncc(Cl)c(NC2CCCC(CC)C2)c1=O. The summed E-state index contributed by atoms with van der Waals surface area (Å²) in [4.78, 5) is 12.3. The summed E-state index contributed by atoms with van der Waals surface area (Å²) < 4.78 is 1.26. The van der Waals surface area contributed by atoms with E-state index >= 15 is 0 Å². The van der Waals surface area contributed by atoms with Crippen molar-refractivity contribution in [3.05, 3.63) is 21.6 Å². The summed E-state index contributed by atoms with van der Waals surface area (Å²) in [6.45, 7) is 2.37. The largest absolute Gasteiger partial charge is 0.377 e. The van der Waals surface area contributed by atoms with Crippen molar-refractivity contribution in [3.8, 4) is 12.3 Å². The summed E-state index contributed by atoms with van der Waals surface area (Å²) in [5.74, 6) is 3.15. The Morgan fingerprint density at radius 2 is 2.40 bits per heavy atom. The molecule has 0 spiro atoms. The number of rotatable bonds is 4. The van der Waals surface area contributed by atoms with Crippen molar-refractivity contribution in [2.75, 3.05) is 5.32 Å². The monoisotopic (exact) mass is 293 g/mol. The molecule has 0 bridgehead atoms. The molecule has 1 aliphatic carbocycles. The second-order valence-corrected chi connectivity index (χ2v) is 5.72. The number of hydrogen-bond donors (Lipinski definition) is 1. The van der Waals surface area contributed by atoms with Gasteiger partial charge in [0.1, 0.15) is 12.2 Å². The number of nitrogens with zero attached hydrogens (tertiary/aromatic N) is 2. The van der Waals surface area contributed by atoms with E-state index in [0.29, 0.717) is 16.8 Å². The number of anilines is 1. The normalized spacial score (nSPS) is 22.2. The molecule has 0 aromatic carbocycles. The number of nitrogens with one attached hydrogen (secondary N) is 1. The molecule has 0 amide bonds. The summed E-state index contributed by atoms with van der Waals surface area (Å²) >= 11 is 6.10. The number of halogens is 1. The summed E-state index contributed by atoms with van der Waals surface area (Å²) in [5.41, 5.74) is 0.188. The molecule has 108 valence electrons. The van der Waals surface area contributed by atoms with Crippen molar-refractivity contribution in [1.82, 2.24) is 9.78 Å². The van der Waals surface area contributed by atoms with Crippen LogP contribution in [0.1, 0.15) is 39.0 Å². The Morgan fingerprint density at radius 1 is 1.60 bits per heavy atom. The Kier molecular flexibility index (Phi) is 5.08. The van der Waals surface area contributed by atoms with Gasteiger partial charge in [-0.3, -0.25) is 4.79 Å². The van der Waals surface area contributed by atoms with Crippen LogP contribution in [0.15, 0.2) is 11.0 Å². The van der Waals surface area contributed by atoms with Crippen molar-refractivity contribution >= 4 is 17.3 Å². The average molecular weight is 294 g/mol. The Bertz CT molecular complexity index is 561. The molecule has 5 heteroatoms. The maximum absolute atomic E-state index is 12.3. The molecular weight excluding hydrogens is 274 g/mol. The van der Waals surface area contributed by atoms with Crippen molar-refractivity contribution in [1.29, 1.82) is 0 Å². The third kappa shape index (κ3) is 3.34. The fraction of sp³-hybridized carbons (Fsp3) is 0.600. The van der Waals surface area contributed by atoms with Crippen LogP contribution in [0.4, 0.5) is 5.69 Å². The lowest BCUT2D eigenvalue weighted by Crippen LogP contribution is -2.32. The molecule has 1 aromatic heterocycles. The fourth-order valence-corrected chi connectivity index (χ4v) is 2.97. The second-order valence-electron chi connectivity index (χ2n) is 5.32. The topological polar surface area (TPSA) is 46.9 Å². The van der Waals surface area contributed by atoms with E-state index in [1.54, 1.807) is 0 Å². The van der Waals surface area contributed by atoms with E-state index < -0.39 is 0 Å². The second kappa shape index (κ2) is 6.81. The molecular formula is C15H20ClN3O. The standard InChI is InChI=1S/C15H20ClN3O/c1-3-8-19-15(20)14(13(16)10-17-19)18-12-7-5-6-11(4-2)9-12/h1,10-12,18H,4-9H2,2H3. The van der Waals surface area contributed by atoms with E-state index in [2.05, 4.69) is 23.3 Å². The molecule has 1 fully saturated rings. The van der Waals surface area contributed by atoms with Crippen LogP contribution in [0.5, 0.6) is 0 Å². The van der Waals surface area contributed by atoms with Crippen LogP contribution in [0.25, 0.3) is 0 Å². The lowest BCUT2D eigenvalue weighted by atomic mass is 9.84. The summed E-state index contributed by atoms with van der Waals surface area (Å²) in [5, 5.41) is 7.61. The van der Waals surface area contributed by atoms with E-state index in [-0.39, 0.29) is 12.1 Å². The van der Waals surface area contributed by atoms with Gasteiger partial charge in [0.2, 0.25) is 0 Å². The molecule has 1 aromatic rings. The van der Waals surface area contributed by atoms with Gasteiger partial charge in [-0.15, -0.1) is 6.42 Å². The van der Waals surface area contributed by atoms with E-state index in [1.807, 2.05) is 0 Å². The van der Waals surface area contributed by atoms with Crippen LogP contribution in [-0.4, -0.2) is 15.8 Å². The Balaban J connectivity index is 2.18. The highest BCUT2D eigenvalue weighted by Gasteiger charge is 2.22. The van der Waals surface area contributed by atoms with E-state index in [9.17, 15) is 4.79 Å². The molecule has 2 atom stereocenters. The Morgan fingerprint density at radius 3 is 3.10 bits per heavy atom. The zero-order chi connectivity index (χ0) is 14.5. The van der Waals surface area contributed by atoms with Crippen LogP contribution >= 0.6 is 11.6 Å². The van der Waals surface area contributed by atoms with Crippen LogP contribution in [0, 0.1) is 18.3 Å². The van der Waals surface area contributed by atoms with Crippen molar-refractivity contribution < 1.29 is 0 Å². The van der Waals surface area contributed by atoms with Gasteiger partial charge >= 0.3 is 0 Å². The van der Waals surface area contributed by atoms with Crippen LogP contribution < -0.4 is 10.9 Å². The molecule has 4 nitrogen and oxygen atoms in total. The summed E-state index contributed by atoms with van der Waals surface area (Å²) in [6, 6.07) is 0.306. The minimum atomic E-state index is -0.242. The van der Waals surface area contributed by atoms with E-state index in [0.717, 1.165) is 18.8 Å². The molecule has 0 aliphatic heterocycles. The molecule has 0 saturated heterocycles. The first-order valence-electron chi connectivity index (χ1n) is 7.11. The van der Waals surface area contributed by atoms with Gasteiger partial charge in [0.25, 0.3) is 5.56 Å². The molecule has 20 heavy (non-hydrogen) atoms. The van der Waals surface area contributed by atoms with Crippen LogP contribution in [0.3, 0.4) is 0 Å². The van der Waals surface area contributed by atoms with Crippen molar-refractivity contribution in [3.63, 3.8) is 0 Å². The highest BCUT2D eigenvalue weighted by atomic mass is 35.5. The lowest BCUT2D eigenvalue weighted by Gasteiger charge is -2.29. The maximum atomic E-state index is 12.3. The molecule has 2 unspecified atom stereocenters. The minimum Gasteiger partial charge on any atom is -0.377 e. The minimum absolute atomic E-state index is 0.160. The first kappa shape index (κ1) is 14.9. The quantitative estimate of drug-likeness (QED) is 0.868. The smallest absolute Gasteiger partial charge is 0.292 e. The van der Waals surface area contributed by atoms with Crippen LogP contribution in [-0.2, 0) is 6.54 Å². The van der Waals surface area contributed by atoms with E-state index in [4.69, 9.17) is 18.0 Å². The van der Waals surface area contributed by atoms with Gasteiger partial charge in [0, 0.05) is 6.04 Å². The number of terminal acetylenes is 1. The highest BCUT2D eigenvalue weighted by molar-refractivity contribution is 6.33. The van der Waals surface area contributed by atoms with Crippen molar-refractivity contribution in [2.45, 2.75) is 51.6 Å². The molecule has 1 N–H and O–H groups in total. The third-order valence-electron chi connectivity index (χ3n) is 3.95. The Labute approximate surface area is 124 Å². The van der Waals surface area contributed by atoms with Gasteiger partial charge < -0.3 is 5.32 Å². The van der Waals surface area contributed by atoms with Gasteiger partial charge in [-0.2, -0.15) is 5.10 Å². The van der Waals surface area contributed by atoms with E-state index in [1.165, 1.54) is 30.1 Å². The zero-order valence-corrected chi connectivity index (χ0v) is 12.5. The third-order valence-corrected chi connectivity index (χ3v) is 4.23. The number of aromatic nitrogens is 2. The van der Waals surface area contributed by atoms with Gasteiger partial charge in [-0.25, -0.2) is 4.68 Å². The molecule has 1 heterocycles. The maximum Gasteiger partial charge on any atom is 0.292 e. The van der Waals surface area contributed by atoms with Gasteiger partial charge in [-0.1, -0.05) is 43.7 Å².